The van der Waals surface area contributed by atoms with Crippen molar-refractivity contribution >= 4 is 11.9 Å². The van der Waals surface area contributed by atoms with E-state index in [1.165, 1.54) is 0 Å². The minimum Gasteiger partial charge on any atom is -0.496 e. The van der Waals surface area contributed by atoms with Crippen LogP contribution in [-0.2, 0) is 6.42 Å². The number of carbonyl (C=O) groups is 1. The molecule has 1 aliphatic heterocycles. The van der Waals surface area contributed by atoms with E-state index in [1.54, 1.807) is 7.11 Å². The van der Waals surface area contributed by atoms with Crippen LogP contribution in [-0.4, -0.2) is 18.5 Å². The van der Waals surface area contributed by atoms with E-state index in [4.69, 9.17) is 9.47 Å². The molecule has 130 valence electrons. The van der Waals surface area contributed by atoms with Crippen LogP contribution in [0, 0.1) is 13.8 Å². The fraction of sp³-hybridized carbons (Fsp3) is 0.318. The lowest BCUT2D eigenvalue weighted by atomic mass is 9.92. The van der Waals surface area contributed by atoms with Crippen LogP contribution >= 0.6 is 0 Å². The molecule has 0 aromatic heterocycles. The van der Waals surface area contributed by atoms with Gasteiger partial charge in [0.15, 0.2) is 5.78 Å². The van der Waals surface area contributed by atoms with Crippen LogP contribution < -0.4 is 9.47 Å². The van der Waals surface area contributed by atoms with Crippen LogP contribution in [0.15, 0.2) is 36.4 Å². The van der Waals surface area contributed by atoms with Crippen molar-refractivity contribution in [3.05, 3.63) is 64.2 Å². The molecule has 0 saturated heterocycles. The third-order valence-corrected chi connectivity index (χ3v) is 4.64. The second-order valence-corrected chi connectivity index (χ2v) is 7.09. The quantitative estimate of drug-likeness (QED) is 0.743. The maximum Gasteiger partial charge on any atom is 0.167 e. The Labute approximate surface area is 149 Å². The molecule has 0 bridgehead atoms. The molecule has 0 atom stereocenters. The number of fused-ring (bicyclic) bond motifs is 1. The first kappa shape index (κ1) is 17.3. The van der Waals surface area contributed by atoms with E-state index in [2.05, 4.69) is 6.08 Å². The molecule has 1 heterocycles. The summed E-state index contributed by atoms with van der Waals surface area (Å²) in [7, 11) is 1.65. The number of rotatable bonds is 4. The molecule has 2 aromatic rings. The average molecular weight is 336 g/mol. The van der Waals surface area contributed by atoms with Crippen LogP contribution in [0.3, 0.4) is 0 Å². The number of benzene rings is 2. The molecule has 0 N–H and O–H groups in total. The molecule has 0 spiro atoms. The van der Waals surface area contributed by atoms with Gasteiger partial charge in [0.1, 0.15) is 17.1 Å². The molecule has 0 radical (unpaired) electrons. The number of ketones is 1. The standard InChI is InChI=1S/C22H24O3/c1-14-6-7-16(13-21(14)24-5)12-19(23)17-8-9-20-18(15(17)2)10-11-22(3,4)25-20/h6-11,13H,12H2,1-5H3. The van der Waals surface area contributed by atoms with Crippen molar-refractivity contribution < 1.29 is 14.3 Å². The van der Waals surface area contributed by atoms with E-state index < -0.39 is 0 Å². The third kappa shape index (κ3) is 3.46. The van der Waals surface area contributed by atoms with Crippen molar-refractivity contribution in [1.82, 2.24) is 0 Å². The van der Waals surface area contributed by atoms with E-state index in [9.17, 15) is 4.79 Å². The van der Waals surface area contributed by atoms with Crippen molar-refractivity contribution in [2.45, 2.75) is 39.7 Å². The maximum atomic E-state index is 12.8. The Hall–Kier alpha value is -2.55. The highest BCUT2D eigenvalue weighted by atomic mass is 16.5. The van der Waals surface area contributed by atoms with Crippen molar-refractivity contribution in [2.24, 2.45) is 0 Å². The Balaban J connectivity index is 1.89. The fourth-order valence-corrected chi connectivity index (χ4v) is 3.16. The largest absolute Gasteiger partial charge is 0.496 e. The van der Waals surface area contributed by atoms with E-state index >= 15 is 0 Å². The zero-order chi connectivity index (χ0) is 18.2. The Kier molecular flexibility index (Phi) is 4.42. The molecule has 0 amide bonds. The molecule has 0 fully saturated rings. The summed E-state index contributed by atoms with van der Waals surface area (Å²) >= 11 is 0. The van der Waals surface area contributed by atoms with Gasteiger partial charge in [-0.25, -0.2) is 0 Å². The highest BCUT2D eigenvalue weighted by Gasteiger charge is 2.24. The van der Waals surface area contributed by atoms with Crippen LogP contribution in [0.25, 0.3) is 6.08 Å². The van der Waals surface area contributed by atoms with Gasteiger partial charge in [0.2, 0.25) is 0 Å². The van der Waals surface area contributed by atoms with Gasteiger partial charge < -0.3 is 9.47 Å². The molecular weight excluding hydrogens is 312 g/mol. The maximum absolute atomic E-state index is 12.8. The average Bonchev–Trinajstić information content (AvgIpc) is 2.55. The van der Waals surface area contributed by atoms with Crippen LogP contribution in [0.2, 0.25) is 0 Å². The van der Waals surface area contributed by atoms with Gasteiger partial charge in [0.05, 0.1) is 7.11 Å². The number of Topliss-reactive ketones (excluding diaryl/α,β-unsaturated/α-hetero) is 1. The predicted molar refractivity (Wildman–Crippen MR) is 101 cm³/mol. The smallest absolute Gasteiger partial charge is 0.167 e. The van der Waals surface area contributed by atoms with Gasteiger partial charge in [-0.15, -0.1) is 0 Å². The molecule has 0 aliphatic carbocycles. The van der Waals surface area contributed by atoms with Gasteiger partial charge in [0, 0.05) is 17.5 Å². The topological polar surface area (TPSA) is 35.5 Å². The van der Waals surface area contributed by atoms with Crippen LogP contribution in [0.4, 0.5) is 0 Å². The van der Waals surface area contributed by atoms with Crippen LogP contribution in [0.5, 0.6) is 11.5 Å². The molecule has 2 aromatic carbocycles. The first-order chi connectivity index (χ1) is 11.8. The molecule has 0 saturated carbocycles. The van der Waals surface area contributed by atoms with Gasteiger partial charge in [-0.2, -0.15) is 0 Å². The minimum absolute atomic E-state index is 0.101. The molecule has 1 aliphatic rings. The lowest BCUT2D eigenvalue weighted by Crippen LogP contribution is -2.28. The van der Waals surface area contributed by atoms with E-state index in [-0.39, 0.29) is 11.4 Å². The van der Waals surface area contributed by atoms with Crippen LogP contribution in [0.1, 0.15) is 46.5 Å². The van der Waals surface area contributed by atoms with E-state index in [1.807, 2.05) is 64.1 Å². The van der Waals surface area contributed by atoms with Gasteiger partial charge >= 0.3 is 0 Å². The van der Waals surface area contributed by atoms with Crippen molar-refractivity contribution in [3.8, 4) is 11.5 Å². The molecule has 0 unspecified atom stereocenters. The molecule has 3 rings (SSSR count). The summed E-state index contributed by atoms with van der Waals surface area (Å²) in [5.41, 5.74) is 4.40. The molecular formula is C22H24O3. The minimum atomic E-state index is -0.316. The van der Waals surface area contributed by atoms with Crippen molar-refractivity contribution in [1.29, 1.82) is 0 Å². The number of hydrogen-bond donors (Lipinski definition) is 0. The number of hydrogen-bond acceptors (Lipinski definition) is 3. The fourth-order valence-electron chi connectivity index (χ4n) is 3.16. The zero-order valence-corrected chi connectivity index (χ0v) is 15.5. The summed E-state index contributed by atoms with van der Waals surface area (Å²) in [6, 6.07) is 9.68. The lowest BCUT2D eigenvalue weighted by Gasteiger charge is -2.29. The summed E-state index contributed by atoms with van der Waals surface area (Å²) in [5, 5.41) is 0. The van der Waals surface area contributed by atoms with Gasteiger partial charge in [-0.3, -0.25) is 4.79 Å². The Bertz CT molecular complexity index is 860. The van der Waals surface area contributed by atoms with Gasteiger partial charge in [-0.05, 0) is 68.7 Å². The normalized spacial score (nSPS) is 14.6. The Morgan fingerprint density at radius 1 is 1.16 bits per heavy atom. The second-order valence-electron chi connectivity index (χ2n) is 7.09. The summed E-state index contributed by atoms with van der Waals surface area (Å²) in [6.45, 7) is 8.01. The highest BCUT2D eigenvalue weighted by Crippen LogP contribution is 2.34. The van der Waals surface area contributed by atoms with E-state index in [0.29, 0.717) is 6.42 Å². The summed E-state index contributed by atoms with van der Waals surface area (Å²) in [4.78, 5) is 12.8. The highest BCUT2D eigenvalue weighted by molar-refractivity contribution is 6.00. The monoisotopic (exact) mass is 336 g/mol. The zero-order valence-electron chi connectivity index (χ0n) is 15.5. The summed E-state index contributed by atoms with van der Waals surface area (Å²) in [6.07, 6.45) is 4.44. The summed E-state index contributed by atoms with van der Waals surface area (Å²) in [5.74, 6) is 1.74. The number of carbonyl (C=O) groups excluding carboxylic acids is 1. The Morgan fingerprint density at radius 3 is 2.64 bits per heavy atom. The van der Waals surface area contributed by atoms with Gasteiger partial charge in [-0.1, -0.05) is 18.2 Å². The number of methoxy groups -OCH3 is 1. The predicted octanol–water partition coefficient (Wildman–Crippen LogP) is 4.92. The SMILES string of the molecule is COc1cc(CC(=O)c2ccc3c(c2C)C=CC(C)(C)O3)ccc1C. The van der Waals surface area contributed by atoms with Crippen molar-refractivity contribution in [3.63, 3.8) is 0 Å². The first-order valence-corrected chi connectivity index (χ1v) is 8.49. The number of aryl methyl sites for hydroxylation is 1. The van der Waals surface area contributed by atoms with Crippen molar-refractivity contribution in [2.75, 3.05) is 7.11 Å². The first-order valence-electron chi connectivity index (χ1n) is 8.49. The third-order valence-electron chi connectivity index (χ3n) is 4.64. The Morgan fingerprint density at radius 2 is 1.92 bits per heavy atom. The number of ether oxygens (including phenoxy) is 2. The van der Waals surface area contributed by atoms with Gasteiger partial charge in [0.25, 0.3) is 0 Å². The van der Waals surface area contributed by atoms with E-state index in [0.717, 1.165) is 39.3 Å². The second kappa shape index (κ2) is 6.40. The lowest BCUT2D eigenvalue weighted by molar-refractivity contribution is 0.0992. The molecule has 3 heteroatoms. The molecule has 3 nitrogen and oxygen atoms in total. The summed E-state index contributed by atoms with van der Waals surface area (Å²) < 4.78 is 11.3. The molecule has 25 heavy (non-hydrogen) atoms.